The van der Waals surface area contributed by atoms with Crippen LogP contribution in [0.2, 0.25) is 0 Å². The Balaban J connectivity index is 1.87. The highest BCUT2D eigenvalue weighted by atomic mass is 16.5. The molecule has 170 valence electrons. The van der Waals surface area contributed by atoms with Gasteiger partial charge in [0.05, 0.1) is 18.4 Å². The third kappa shape index (κ3) is 6.03. The van der Waals surface area contributed by atoms with Crippen LogP contribution in [0.3, 0.4) is 0 Å². The van der Waals surface area contributed by atoms with Crippen molar-refractivity contribution in [2.75, 3.05) is 44.7 Å². The van der Waals surface area contributed by atoms with Crippen molar-refractivity contribution >= 4 is 5.82 Å². The molecule has 3 rings (SSSR count). The van der Waals surface area contributed by atoms with Gasteiger partial charge in [-0.15, -0.1) is 0 Å². The van der Waals surface area contributed by atoms with Crippen molar-refractivity contribution in [1.82, 2.24) is 14.9 Å². The van der Waals surface area contributed by atoms with Crippen LogP contribution in [0.5, 0.6) is 0 Å². The van der Waals surface area contributed by atoms with Gasteiger partial charge in [0, 0.05) is 51.8 Å². The molecule has 0 spiro atoms. The van der Waals surface area contributed by atoms with E-state index < -0.39 is 0 Å². The number of piperazine rings is 1. The van der Waals surface area contributed by atoms with Crippen molar-refractivity contribution in [1.29, 1.82) is 0 Å². The Morgan fingerprint density at radius 1 is 1.06 bits per heavy atom. The molecule has 2 aromatic rings. The predicted octanol–water partition coefficient (Wildman–Crippen LogP) is 3.28. The number of aryl methyl sites for hydroxylation is 3. The third-order valence-corrected chi connectivity index (χ3v) is 6.22. The molecule has 0 amide bonds. The van der Waals surface area contributed by atoms with Gasteiger partial charge in [-0.05, 0) is 37.8 Å². The number of hydrogen-bond acceptors (Lipinski definition) is 6. The van der Waals surface area contributed by atoms with Crippen LogP contribution in [0.15, 0.2) is 18.2 Å². The second-order valence-electron chi connectivity index (χ2n) is 9.16. The van der Waals surface area contributed by atoms with Crippen LogP contribution in [0.25, 0.3) is 0 Å². The number of benzene rings is 1. The van der Waals surface area contributed by atoms with Crippen molar-refractivity contribution < 1.29 is 9.84 Å². The first-order valence-electron chi connectivity index (χ1n) is 11.3. The summed E-state index contributed by atoms with van der Waals surface area (Å²) in [6.07, 6.45) is 0.523. The number of anilines is 1. The number of hydrogen-bond donors (Lipinski definition) is 1. The molecule has 1 aliphatic heterocycles. The highest BCUT2D eigenvalue weighted by Crippen LogP contribution is 2.27. The van der Waals surface area contributed by atoms with Gasteiger partial charge in [0.2, 0.25) is 0 Å². The van der Waals surface area contributed by atoms with Gasteiger partial charge in [-0.3, -0.25) is 4.90 Å². The lowest BCUT2D eigenvalue weighted by Crippen LogP contribution is -2.49. The monoisotopic (exact) mass is 426 g/mol. The second kappa shape index (κ2) is 10.5. The zero-order valence-corrected chi connectivity index (χ0v) is 20.0. The molecule has 6 nitrogen and oxygen atoms in total. The maximum absolute atomic E-state index is 10.3. The number of aliphatic hydroxyl groups excluding tert-OH is 1. The maximum Gasteiger partial charge on any atom is 0.136 e. The van der Waals surface area contributed by atoms with Gasteiger partial charge in [0.15, 0.2) is 0 Å². The van der Waals surface area contributed by atoms with Crippen molar-refractivity contribution in [3.05, 3.63) is 52.0 Å². The first kappa shape index (κ1) is 23.6. The van der Waals surface area contributed by atoms with Crippen LogP contribution in [0, 0.1) is 26.7 Å². The van der Waals surface area contributed by atoms with Gasteiger partial charge in [0.1, 0.15) is 11.6 Å². The lowest BCUT2D eigenvalue weighted by atomic mass is 9.97. The summed E-state index contributed by atoms with van der Waals surface area (Å²) in [4.78, 5) is 14.4. The number of ether oxygens (including phenoxy) is 1. The largest absolute Gasteiger partial charge is 0.392 e. The topological polar surface area (TPSA) is 61.7 Å². The lowest BCUT2D eigenvalue weighted by molar-refractivity contribution is 0.0738. The average molecular weight is 427 g/mol. The Morgan fingerprint density at radius 2 is 1.77 bits per heavy atom. The summed E-state index contributed by atoms with van der Waals surface area (Å²) < 4.78 is 5.50. The van der Waals surface area contributed by atoms with Crippen LogP contribution in [-0.4, -0.2) is 65.9 Å². The number of aliphatic hydroxyl groups is 1. The van der Waals surface area contributed by atoms with Crippen LogP contribution in [-0.2, 0) is 17.8 Å². The van der Waals surface area contributed by atoms with Gasteiger partial charge >= 0.3 is 0 Å². The number of aromatic nitrogens is 2. The zero-order chi connectivity index (χ0) is 22.5. The minimum atomic E-state index is -0.277. The van der Waals surface area contributed by atoms with E-state index in [0.717, 1.165) is 62.0 Å². The van der Waals surface area contributed by atoms with Crippen molar-refractivity contribution in [2.45, 2.75) is 53.8 Å². The highest BCUT2D eigenvalue weighted by molar-refractivity contribution is 5.52. The molecule has 31 heavy (non-hydrogen) atoms. The van der Waals surface area contributed by atoms with Crippen LogP contribution in [0.1, 0.15) is 47.6 Å². The number of β-amino-alcohol motifs (C(OH)–C–C–N with tert-alkyl or cyclic N) is 1. The molecule has 1 saturated heterocycles. The molecule has 0 saturated carbocycles. The summed E-state index contributed by atoms with van der Waals surface area (Å²) in [5.74, 6) is 2.09. The molecule has 1 aromatic carbocycles. The van der Waals surface area contributed by atoms with Crippen LogP contribution >= 0.6 is 0 Å². The SMILES string of the molecule is COCc1nc(C)nc(N2CCN(CC(O)C(C)C)CC2)c1Cc1cc(C)ccc1C. The summed E-state index contributed by atoms with van der Waals surface area (Å²) in [6.45, 7) is 15.3. The van der Waals surface area contributed by atoms with E-state index in [1.54, 1.807) is 7.11 Å². The lowest BCUT2D eigenvalue weighted by Gasteiger charge is -2.37. The van der Waals surface area contributed by atoms with Crippen LogP contribution < -0.4 is 4.90 Å². The number of nitrogens with zero attached hydrogens (tertiary/aromatic N) is 4. The fraction of sp³-hybridized carbons (Fsp3) is 0.600. The van der Waals surface area contributed by atoms with Crippen LogP contribution in [0.4, 0.5) is 5.82 Å². The fourth-order valence-corrected chi connectivity index (χ4v) is 4.14. The number of methoxy groups -OCH3 is 1. The van der Waals surface area contributed by atoms with E-state index in [1.165, 1.54) is 16.7 Å². The maximum atomic E-state index is 10.3. The fourth-order valence-electron chi connectivity index (χ4n) is 4.14. The van der Waals surface area contributed by atoms with Crippen molar-refractivity contribution in [3.8, 4) is 0 Å². The zero-order valence-electron chi connectivity index (χ0n) is 20.0. The molecule has 6 heteroatoms. The van der Waals surface area contributed by atoms with E-state index in [0.29, 0.717) is 6.61 Å². The molecule has 1 aliphatic rings. The van der Waals surface area contributed by atoms with Gasteiger partial charge in [-0.25, -0.2) is 9.97 Å². The quantitative estimate of drug-likeness (QED) is 0.699. The predicted molar refractivity (Wildman–Crippen MR) is 126 cm³/mol. The smallest absolute Gasteiger partial charge is 0.136 e. The second-order valence-corrected chi connectivity index (χ2v) is 9.16. The van der Waals surface area contributed by atoms with E-state index >= 15 is 0 Å². The van der Waals surface area contributed by atoms with Gasteiger partial charge in [-0.1, -0.05) is 37.6 Å². The normalized spacial score (nSPS) is 16.2. The molecule has 1 unspecified atom stereocenters. The summed E-state index contributed by atoms with van der Waals surface area (Å²) in [6, 6.07) is 6.61. The van der Waals surface area contributed by atoms with Gasteiger partial charge in [-0.2, -0.15) is 0 Å². The van der Waals surface area contributed by atoms with E-state index in [-0.39, 0.29) is 12.0 Å². The summed E-state index contributed by atoms with van der Waals surface area (Å²) >= 11 is 0. The molecule has 1 N–H and O–H groups in total. The van der Waals surface area contributed by atoms with E-state index in [1.807, 2.05) is 6.92 Å². The molecular weight excluding hydrogens is 388 g/mol. The van der Waals surface area contributed by atoms with Gasteiger partial charge < -0.3 is 14.7 Å². The van der Waals surface area contributed by atoms with E-state index in [2.05, 4.69) is 55.7 Å². The molecular formula is C25H38N4O2. The number of rotatable bonds is 8. The Kier molecular flexibility index (Phi) is 8.03. The Morgan fingerprint density at radius 3 is 2.42 bits per heavy atom. The Hall–Kier alpha value is -2.02. The highest BCUT2D eigenvalue weighted by Gasteiger charge is 2.25. The minimum absolute atomic E-state index is 0.277. The summed E-state index contributed by atoms with van der Waals surface area (Å²) in [7, 11) is 1.72. The molecule has 1 fully saturated rings. The van der Waals surface area contributed by atoms with E-state index in [9.17, 15) is 5.11 Å². The molecule has 0 bridgehead atoms. The minimum Gasteiger partial charge on any atom is -0.392 e. The molecule has 0 aliphatic carbocycles. The average Bonchev–Trinajstić information content (AvgIpc) is 2.73. The Labute approximate surface area is 187 Å². The van der Waals surface area contributed by atoms with Crippen molar-refractivity contribution in [2.24, 2.45) is 5.92 Å². The molecule has 2 heterocycles. The molecule has 1 atom stereocenters. The third-order valence-electron chi connectivity index (χ3n) is 6.22. The van der Waals surface area contributed by atoms with Crippen molar-refractivity contribution in [3.63, 3.8) is 0 Å². The molecule has 1 aromatic heterocycles. The standard InChI is InChI=1S/C25H38N4O2/c1-17(2)24(30)15-28-9-11-29(12-10-28)25-22(23(16-31-6)26-20(5)27-25)14-21-13-18(3)7-8-19(21)4/h7-8,13,17,24,30H,9-12,14-16H2,1-6H3. The first-order chi connectivity index (χ1) is 14.8. The summed E-state index contributed by atoms with van der Waals surface area (Å²) in [5.41, 5.74) is 6.00. The summed E-state index contributed by atoms with van der Waals surface area (Å²) in [5, 5.41) is 10.3. The Bertz CT molecular complexity index is 876. The molecule has 0 radical (unpaired) electrons. The first-order valence-corrected chi connectivity index (χ1v) is 11.3. The van der Waals surface area contributed by atoms with Gasteiger partial charge in [0.25, 0.3) is 0 Å². The van der Waals surface area contributed by atoms with E-state index in [4.69, 9.17) is 14.7 Å².